The zero-order chi connectivity index (χ0) is 17.8. The summed E-state index contributed by atoms with van der Waals surface area (Å²) in [6.07, 6.45) is -0.678. The van der Waals surface area contributed by atoms with Gasteiger partial charge in [-0.15, -0.1) is 0 Å². The molecule has 1 aromatic heterocycles. The van der Waals surface area contributed by atoms with Crippen LogP contribution in [-0.2, 0) is 6.54 Å². The van der Waals surface area contributed by atoms with Crippen molar-refractivity contribution in [1.82, 2.24) is 10.3 Å². The molecule has 4 aromatic rings. The number of benzene rings is 3. The quantitative estimate of drug-likeness (QED) is 0.544. The van der Waals surface area contributed by atoms with Crippen LogP contribution in [0.15, 0.2) is 89.3 Å². The number of oxazole rings is 1. The molecular weight excluding hydrogens is 324 g/mol. The summed E-state index contributed by atoms with van der Waals surface area (Å²) in [6, 6.07) is 27.0. The standard InChI is InChI=1S/C22H20N2O2/c25-22(17-11-5-2-6-12-17)21(16-9-3-1-4-10-16)23-15-20-24-18-13-7-8-14-19(18)26-20/h1-14,21-23,25H,15H2/t21-,22+/m0/s1. The third kappa shape index (κ3) is 3.52. The molecule has 130 valence electrons. The second-order valence-corrected chi connectivity index (χ2v) is 6.20. The van der Waals surface area contributed by atoms with E-state index in [-0.39, 0.29) is 6.04 Å². The van der Waals surface area contributed by atoms with Gasteiger partial charge in [0.1, 0.15) is 5.52 Å². The van der Waals surface area contributed by atoms with E-state index in [1.165, 1.54) is 0 Å². The van der Waals surface area contributed by atoms with Crippen molar-refractivity contribution in [2.75, 3.05) is 0 Å². The summed E-state index contributed by atoms with van der Waals surface area (Å²) in [5.41, 5.74) is 3.49. The van der Waals surface area contributed by atoms with E-state index in [2.05, 4.69) is 10.3 Å². The Balaban J connectivity index is 1.58. The van der Waals surface area contributed by atoms with E-state index in [9.17, 15) is 5.11 Å². The normalized spacial score (nSPS) is 13.6. The largest absolute Gasteiger partial charge is 0.439 e. The molecule has 0 spiro atoms. The average Bonchev–Trinajstić information content (AvgIpc) is 3.12. The molecule has 2 N–H and O–H groups in total. The van der Waals surface area contributed by atoms with Crippen molar-refractivity contribution in [3.05, 3.63) is 102 Å². The van der Waals surface area contributed by atoms with Crippen LogP contribution in [-0.4, -0.2) is 10.1 Å². The number of nitrogens with zero attached hydrogens (tertiary/aromatic N) is 1. The number of rotatable bonds is 6. The maximum atomic E-state index is 10.9. The fraction of sp³-hybridized carbons (Fsp3) is 0.136. The minimum absolute atomic E-state index is 0.270. The summed E-state index contributed by atoms with van der Waals surface area (Å²) in [6.45, 7) is 0.429. The molecule has 0 radical (unpaired) electrons. The minimum atomic E-state index is -0.678. The molecule has 4 rings (SSSR count). The van der Waals surface area contributed by atoms with Crippen molar-refractivity contribution < 1.29 is 9.52 Å². The highest BCUT2D eigenvalue weighted by Crippen LogP contribution is 2.29. The number of aromatic nitrogens is 1. The molecule has 0 aliphatic heterocycles. The lowest BCUT2D eigenvalue weighted by molar-refractivity contribution is 0.126. The van der Waals surface area contributed by atoms with E-state index in [1.54, 1.807) is 0 Å². The molecule has 0 saturated heterocycles. The van der Waals surface area contributed by atoms with E-state index in [0.29, 0.717) is 12.4 Å². The Kier molecular flexibility index (Phi) is 4.78. The van der Waals surface area contributed by atoms with Gasteiger partial charge in [-0.3, -0.25) is 5.32 Å². The number of hydrogen-bond acceptors (Lipinski definition) is 4. The molecule has 0 fully saturated rings. The summed E-state index contributed by atoms with van der Waals surface area (Å²) in [5.74, 6) is 0.604. The second kappa shape index (κ2) is 7.52. The number of nitrogens with one attached hydrogen (secondary N) is 1. The maximum Gasteiger partial charge on any atom is 0.209 e. The fourth-order valence-corrected chi connectivity index (χ4v) is 3.11. The number of hydrogen-bond donors (Lipinski definition) is 2. The van der Waals surface area contributed by atoms with Gasteiger partial charge in [0.25, 0.3) is 0 Å². The Morgan fingerprint density at radius 2 is 1.42 bits per heavy atom. The Morgan fingerprint density at radius 1 is 0.808 bits per heavy atom. The summed E-state index contributed by atoms with van der Waals surface area (Å²) < 4.78 is 5.78. The Hall–Kier alpha value is -2.95. The van der Waals surface area contributed by atoms with Crippen molar-refractivity contribution in [3.63, 3.8) is 0 Å². The van der Waals surface area contributed by atoms with E-state index in [4.69, 9.17) is 4.42 Å². The van der Waals surface area contributed by atoms with Crippen LogP contribution < -0.4 is 5.32 Å². The first kappa shape index (κ1) is 16.5. The van der Waals surface area contributed by atoms with Gasteiger partial charge in [0.15, 0.2) is 5.58 Å². The smallest absolute Gasteiger partial charge is 0.209 e. The summed E-state index contributed by atoms with van der Waals surface area (Å²) in [4.78, 5) is 4.50. The molecule has 3 aromatic carbocycles. The zero-order valence-electron chi connectivity index (χ0n) is 14.2. The summed E-state index contributed by atoms with van der Waals surface area (Å²) in [5, 5.41) is 14.3. The maximum absolute atomic E-state index is 10.9. The average molecular weight is 344 g/mol. The molecular formula is C22H20N2O2. The number of para-hydroxylation sites is 2. The first-order valence-corrected chi connectivity index (χ1v) is 8.67. The highest BCUT2D eigenvalue weighted by atomic mass is 16.3. The molecule has 2 atom stereocenters. The van der Waals surface area contributed by atoms with Gasteiger partial charge in [-0.1, -0.05) is 72.8 Å². The first-order valence-electron chi connectivity index (χ1n) is 8.67. The SMILES string of the molecule is O[C@H](c1ccccc1)[C@@H](NCc1nc2ccccc2o1)c1ccccc1. The molecule has 0 unspecified atom stereocenters. The van der Waals surface area contributed by atoms with E-state index >= 15 is 0 Å². The van der Waals surface area contributed by atoms with Crippen LogP contribution in [0.1, 0.15) is 29.2 Å². The predicted molar refractivity (Wildman–Crippen MR) is 101 cm³/mol. The van der Waals surface area contributed by atoms with Crippen molar-refractivity contribution in [2.45, 2.75) is 18.7 Å². The Bertz CT molecular complexity index is 934. The van der Waals surface area contributed by atoms with E-state index < -0.39 is 6.10 Å². The third-order valence-corrected chi connectivity index (χ3v) is 4.43. The van der Waals surface area contributed by atoms with Crippen molar-refractivity contribution in [3.8, 4) is 0 Å². The summed E-state index contributed by atoms with van der Waals surface area (Å²) in [7, 11) is 0. The van der Waals surface area contributed by atoms with Crippen LogP contribution in [0.4, 0.5) is 0 Å². The lowest BCUT2D eigenvalue weighted by Crippen LogP contribution is -2.27. The van der Waals surface area contributed by atoms with Gasteiger partial charge >= 0.3 is 0 Å². The second-order valence-electron chi connectivity index (χ2n) is 6.20. The van der Waals surface area contributed by atoms with Crippen LogP contribution in [0, 0.1) is 0 Å². The van der Waals surface area contributed by atoms with Gasteiger partial charge in [-0.25, -0.2) is 4.98 Å². The van der Waals surface area contributed by atoms with Crippen LogP contribution >= 0.6 is 0 Å². The van der Waals surface area contributed by atoms with Gasteiger partial charge in [0, 0.05) is 0 Å². The van der Waals surface area contributed by atoms with Crippen molar-refractivity contribution >= 4 is 11.1 Å². The highest BCUT2D eigenvalue weighted by Gasteiger charge is 2.22. The lowest BCUT2D eigenvalue weighted by Gasteiger charge is -2.24. The molecule has 26 heavy (non-hydrogen) atoms. The van der Waals surface area contributed by atoms with Crippen molar-refractivity contribution in [1.29, 1.82) is 0 Å². The number of fused-ring (bicyclic) bond motifs is 1. The highest BCUT2D eigenvalue weighted by molar-refractivity contribution is 5.72. The van der Waals surface area contributed by atoms with Crippen LogP contribution in [0.5, 0.6) is 0 Å². The van der Waals surface area contributed by atoms with Gasteiger partial charge in [0.2, 0.25) is 5.89 Å². The van der Waals surface area contributed by atoms with Crippen LogP contribution in [0.25, 0.3) is 11.1 Å². The summed E-state index contributed by atoms with van der Waals surface area (Å²) >= 11 is 0. The monoisotopic (exact) mass is 344 g/mol. The molecule has 0 amide bonds. The Morgan fingerprint density at radius 3 is 2.12 bits per heavy atom. The zero-order valence-corrected chi connectivity index (χ0v) is 14.2. The van der Waals surface area contributed by atoms with E-state index in [1.807, 2.05) is 84.9 Å². The van der Waals surface area contributed by atoms with Gasteiger partial charge in [0.05, 0.1) is 18.7 Å². The topological polar surface area (TPSA) is 58.3 Å². The minimum Gasteiger partial charge on any atom is -0.439 e. The lowest BCUT2D eigenvalue weighted by atomic mass is 9.96. The molecule has 4 heteroatoms. The van der Waals surface area contributed by atoms with Gasteiger partial charge < -0.3 is 9.52 Å². The number of aliphatic hydroxyl groups is 1. The molecule has 0 aliphatic carbocycles. The van der Waals surface area contributed by atoms with E-state index in [0.717, 1.165) is 22.2 Å². The van der Waals surface area contributed by atoms with Gasteiger partial charge in [-0.2, -0.15) is 0 Å². The Labute approximate surface area is 152 Å². The first-order chi connectivity index (χ1) is 12.8. The van der Waals surface area contributed by atoms with Crippen LogP contribution in [0.3, 0.4) is 0 Å². The predicted octanol–water partition coefficient (Wildman–Crippen LogP) is 4.39. The molecule has 0 bridgehead atoms. The van der Waals surface area contributed by atoms with Crippen molar-refractivity contribution in [2.24, 2.45) is 0 Å². The molecule has 4 nitrogen and oxygen atoms in total. The van der Waals surface area contributed by atoms with Crippen LogP contribution in [0.2, 0.25) is 0 Å². The van der Waals surface area contributed by atoms with Gasteiger partial charge in [-0.05, 0) is 23.3 Å². The molecule has 0 saturated carbocycles. The fourth-order valence-electron chi connectivity index (χ4n) is 3.11. The molecule has 0 aliphatic rings. The third-order valence-electron chi connectivity index (χ3n) is 4.43. The number of aliphatic hydroxyl groups excluding tert-OH is 1. The molecule has 1 heterocycles.